The number of esters is 1. The van der Waals surface area contributed by atoms with Crippen molar-refractivity contribution >= 4 is 5.97 Å². The molecule has 2 heterocycles. The highest BCUT2D eigenvalue weighted by Gasteiger charge is 2.60. The van der Waals surface area contributed by atoms with Crippen LogP contribution in [0.3, 0.4) is 0 Å². The Morgan fingerprint density at radius 3 is 2.50 bits per heavy atom. The molecule has 0 amide bonds. The fourth-order valence-electron chi connectivity index (χ4n) is 4.10. The van der Waals surface area contributed by atoms with Crippen LogP contribution in [0.15, 0.2) is 11.8 Å². The third-order valence-electron chi connectivity index (χ3n) is 5.82. The molecule has 0 aromatic rings. The Morgan fingerprint density at radius 1 is 1.21 bits per heavy atom. The molecule has 160 valence electrons. The highest BCUT2D eigenvalue weighted by Crippen LogP contribution is 2.49. The predicted octanol–water partition coefficient (Wildman–Crippen LogP) is -3.04. The summed E-state index contributed by atoms with van der Waals surface area (Å²) in [6.45, 7) is 0.737. The first-order valence-corrected chi connectivity index (χ1v) is 8.93. The lowest BCUT2D eigenvalue weighted by Gasteiger charge is -2.44. The molecule has 1 aliphatic carbocycles. The topological polar surface area (TPSA) is 175 Å². The van der Waals surface area contributed by atoms with E-state index in [1.807, 2.05) is 0 Å². The van der Waals surface area contributed by atoms with Crippen molar-refractivity contribution < 1.29 is 54.4 Å². The van der Waals surface area contributed by atoms with Crippen LogP contribution < -0.4 is 0 Å². The van der Waals surface area contributed by atoms with Crippen molar-refractivity contribution in [2.24, 2.45) is 11.8 Å². The Bertz CT molecular complexity index is 618. The number of aliphatic hydroxyl groups excluding tert-OH is 5. The number of fused-ring (bicyclic) bond motifs is 1. The van der Waals surface area contributed by atoms with E-state index < -0.39 is 73.1 Å². The molecule has 3 rings (SSSR count). The largest absolute Gasteiger partial charge is 0.471 e. The van der Waals surface area contributed by atoms with Gasteiger partial charge in [-0.2, -0.15) is 0 Å². The van der Waals surface area contributed by atoms with Gasteiger partial charge in [-0.3, -0.25) is 0 Å². The molecule has 0 bridgehead atoms. The molecule has 0 spiro atoms. The normalized spacial score (nSPS) is 48.4. The van der Waals surface area contributed by atoms with Gasteiger partial charge in [0, 0.05) is 5.92 Å². The molecule has 0 radical (unpaired) electrons. The van der Waals surface area contributed by atoms with E-state index in [1.165, 1.54) is 14.0 Å². The smallest absolute Gasteiger partial charge is 0.337 e. The quantitative estimate of drug-likeness (QED) is 0.262. The molecule has 3 aliphatic rings. The molecule has 11 nitrogen and oxygen atoms in total. The summed E-state index contributed by atoms with van der Waals surface area (Å²) in [5.74, 6) is -2.25. The van der Waals surface area contributed by atoms with Gasteiger partial charge in [-0.1, -0.05) is 0 Å². The van der Waals surface area contributed by atoms with E-state index in [2.05, 4.69) is 0 Å². The summed E-state index contributed by atoms with van der Waals surface area (Å²) < 4.78 is 21.1. The number of ether oxygens (including phenoxy) is 4. The second-order valence-electron chi connectivity index (χ2n) is 7.51. The van der Waals surface area contributed by atoms with Gasteiger partial charge in [0.15, 0.2) is 6.29 Å². The van der Waals surface area contributed by atoms with E-state index in [0.29, 0.717) is 0 Å². The first-order chi connectivity index (χ1) is 13.1. The van der Waals surface area contributed by atoms with E-state index in [-0.39, 0.29) is 12.0 Å². The molecule has 0 aromatic carbocycles. The van der Waals surface area contributed by atoms with Crippen molar-refractivity contribution in [2.45, 2.75) is 62.0 Å². The van der Waals surface area contributed by atoms with Gasteiger partial charge >= 0.3 is 5.97 Å². The van der Waals surface area contributed by atoms with Gasteiger partial charge < -0.3 is 49.6 Å². The number of aliphatic hydroxyl groups is 6. The number of hydrogen-bond donors (Lipinski definition) is 6. The minimum absolute atomic E-state index is 0.0521. The molecule has 6 N–H and O–H groups in total. The van der Waals surface area contributed by atoms with Gasteiger partial charge in [0.25, 0.3) is 0 Å². The number of methoxy groups -OCH3 is 1. The van der Waals surface area contributed by atoms with Crippen LogP contribution in [0.1, 0.15) is 13.3 Å². The zero-order valence-corrected chi connectivity index (χ0v) is 15.4. The van der Waals surface area contributed by atoms with Crippen LogP contribution in [0.4, 0.5) is 0 Å². The van der Waals surface area contributed by atoms with Crippen LogP contribution in [0.5, 0.6) is 0 Å². The highest BCUT2D eigenvalue weighted by molar-refractivity contribution is 5.89. The average molecular weight is 406 g/mol. The van der Waals surface area contributed by atoms with Gasteiger partial charge in [-0.05, 0) is 13.3 Å². The molecular weight excluding hydrogens is 380 g/mol. The van der Waals surface area contributed by atoms with E-state index in [9.17, 15) is 35.4 Å². The SMILES string of the molecule is COC(=O)C1=CO[C@@H](O[C@H]2O[C@H](CO)[C@@H](O)[C@H](O)[C@@H]2O)[C@H]2[C@@H]1C[C@H](O)[C@]2(C)O. The first-order valence-electron chi connectivity index (χ1n) is 8.93. The lowest BCUT2D eigenvalue weighted by molar-refractivity contribution is -0.347. The van der Waals surface area contributed by atoms with Gasteiger partial charge in [0.1, 0.15) is 24.4 Å². The predicted molar refractivity (Wildman–Crippen MR) is 88.1 cm³/mol. The summed E-state index contributed by atoms with van der Waals surface area (Å²) in [6, 6.07) is 0. The number of rotatable bonds is 4. The lowest BCUT2D eigenvalue weighted by Crippen LogP contribution is -2.61. The van der Waals surface area contributed by atoms with Gasteiger partial charge in [0.2, 0.25) is 6.29 Å². The van der Waals surface area contributed by atoms with Crippen LogP contribution >= 0.6 is 0 Å². The van der Waals surface area contributed by atoms with Crippen molar-refractivity contribution in [1.82, 2.24) is 0 Å². The summed E-state index contributed by atoms with van der Waals surface area (Å²) in [5.41, 5.74) is -1.57. The number of carbonyl (C=O) groups is 1. The molecule has 1 saturated carbocycles. The van der Waals surface area contributed by atoms with Crippen LogP contribution in [-0.4, -0.2) is 99.0 Å². The van der Waals surface area contributed by atoms with Crippen molar-refractivity contribution in [3.63, 3.8) is 0 Å². The maximum absolute atomic E-state index is 12.0. The van der Waals surface area contributed by atoms with Crippen LogP contribution in [-0.2, 0) is 23.7 Å². The third-order valence-corrected chi connectivity index (χ3v) is 5.82. The van der Waals surface area contributed by atoms with Crippen molar-refractivity contribution in [2.75, 3.05) is 13.7 Å². The molecular formula is C17H26O11. The lowest BCUT2D eigenvalue weighted by atomic mass is 9.81. The Labute approximate surface area is 160 Å². The van der Waals surface area contributed by atoms with Crippen molar-refractivity contribution in [1.29, 1.82) is 0 Å². The van der Waals surface area contributed by atoms with E-state index in [4.69, 9.17) is 18.9 Å². The summed E-state index contributed by atoms with van der Waals surface area (Å²) in [7, 11) is 1.19. The second-order valence-corrected chi connectivity index (χ2v) is 7.51. The first kappa shape index (κ1) is 21.4. The molecule has 1 saturated heterocycles. The summed E-state index contributed by atoms with van der Waals surface area (Å²) in [4.78, 5) is 12.0. The standard InChI is InChI=1S/C17H26O11/c1-17(24)9(19)3-6-7(14(23)25-2)5-26-15(10(6)17)28-16-13(22)12(21)11(20)8(4-18)27-16/h5-6,8-13,15-16,18-22,24H,3-4H2,1-2H3/t6-,8-,9+,10-,11-,12+,13+,15+,16-,17+/m1/s1. The molecule has 0 aromatic heterocycles. The van der Waals surface area contributed by atoms with E-state index in [0.717, 1.165) is 6.26 Å². The summed E-state index contributed by atoms with van der Waals surface area (Å²) in [6.07, 6.45) is -8.83. The van der Waals surface area contributed by atoms with Gasteiger partial charge in [-0.25, -0.2) is 4.79 Å². The van der Waals surface area contributed by atoms with E-state index >= 15 is 0 Å². The molecule has 11 heteroatoms. The highest BCUT2D eigenvalue weighted by atomic mass is 16.8. The minimum Gasteiger partial charge on any atom is -0.471 e. The summed E-state index contributed by atoms with van der Waals surface area (Å²) in [5, 5.41) is 60.2. The zero-order chi connectivity index (χ0) is 20.8. The summed E-state index contributed by atoms with van der Waals surface area (Å²) >= 11 is 0. The molecule has 28 heavy (non-hydrogen) atoms. The Balaban J connectivity index is 1.85. The van der Waals surface area contributed by atoms with Crippen LogP contribution in [0.2, 0.25) is 0 Å². The van der Waals surface area contributed by atoms with Gasteiger partial charge in [-0.15, -0.1) is 0 Å². The molecule has 10 atom stereocenters. The Hall–Kier alpha value is -1.31. The average Bonchev–Trinajstić information content (AvgIpc) is 2.91. The fraction of sp³-hybridized carbons (Fsp3) is 0.824. The zero-order valence-electron chi connectivity index (χ0n) is 15.4. The molecule has 2 fully saturated rings. The molecule has 0 unspecified atom stereocenters. The number of carbonyl (C=O) groups excluding carboxylic acids is 1. The third kappa shape index (κ3) is 3.42. The van der Waals surface area contributed by atoms with Gasteiger partial charge in [0.05, 0.1) is 43.2 Å². The van der Waals surface area contributed by atoms with Crippen molar-refractivity contribution in [3.8, 4) is 0 Å². The maximum atomic E-state index is 12.0. The second kappa shape index (κ2) is 7.84. The number of hydrogen-bond acceptors (Lipinski definition) is 11. The Kier molecular flexibility index (Phi) is 5.99. The maximum Gasteiger partial charge on any atom is 0.337 e. The monoisotopic (exact) mass is 406 g/mol. The van der Waals surface area contributed by atoms with Crippen molar-refractivity contribution in [3.05, 3.63) is 11.8 Å². The molecule has 2 aliphatic heterocycles. The minimum atomic E-state index is -1.70. The van der Waals surface area contributed by atoms with Crippen LogP contribution in [0, 0.1) is 11.8 Å². The Morgan fingerprint density at radius 2 is 1.89 bits per heavy atom. The fourth-order valence-corrected chi connectivity index (χ4v) is 4.10. The van der Waals surface area contributed by atoms with Crippen LogP contribution in [0.25, 0.3) is 0 Å². The van der Waals surface area contributed by atoms with E-state index in [1.54, 1.807) is 0 Å².